The quantitative estimate of drug-likeness (QED) is 0.894. The van der Waals surface area contributed by atoms with Gasteiger partial charge in [0.25, 0.3) is 5.91 Å². The van der Waals surface area contributed by atoms with E-state index in [2.05, 4.69) is 12.2 Å². The molecule has 0 atom stereocenters. The molecule has 0 aliphatic heterocycles. The SMILES string of the molecule is CCC1CCC(O)(CNC(=O)c2ccc(Cl)cc2)CC1. The Kier molecular flexibility index (Phi) is 5.06. The molecule has 1 amide bonds. The lowest BCUT2D eigenvalue weighted by Crippen LogP contribution is -2.45. The third-order valence-electron chi connectivity index (χ3n) is 4.30. The van der Waals surface area contributed by atoms with Gasteiger partial charge >= 0.3 is 0 Å². The Labute approximate surface area is 125 Å². The van der Waals surface area contributed by atoms with Gasteiger partial charge in [-0.3, -0.25) is 4.79 Å². The average Bonchev–Trinajstić information content (AvgIpc) is 2.46. The largest absolute Gasteiger partial charge is 0.388 e. The zero-order valence-corrected chi connectivity index (χ0v) is 12.6. The highest BCUT2D eigenvalue weighted by Crippen LogP contribution is 2.33. The van der Waals surface area contributed by atoms with Gasteiger partial charge < -0.3 is 10.4 Å². The molecule has 0 heterocycles. The van der Waals surface area contributed by atoms with Crippen molar-refractivity contribution in [2.75, 3.05) is 6.54 Å². The fraction of sp³-hybridized carbons (Fsp3) is 0.562. The van der Waals surface area contributed by atoms with E-state index in [-0.39, 0.29) is 5.91 Å². The molecular weight excluding hydrogens is 274 g/mol. The fourth-order valence-corrected chi connectivity index (χ4v) is 2.87. The van der Waals surface area contributed by atoms with Crippen LogP contribution >= 0.6 is 11.6 Å². The van der Waals surface area contributed by atoms with E-state index < -0.39 is 5.60 Å². The molecule has 0 spiro atoms. The standard InChI is InChI=1S/C16H22ClNO2/c1-2-12-7-9-16(20,10-8-12)11-18-15(19)13-3-5-14(17)6-4-13/h3-6,12,20H,2,7-11H2,1H3,(H,18,19). The maximum Gasteiger partial charge on any atom is 0.251 e. The monoisotopic (exact) mass is 295 g/mol. The van der Waals surface area contributed by atoms with Crippen molar-refractivity contribution in [2.45, 2.75) is 44.6 Å². The van der Waals surface area contributed by atoms with Crippen LogP contribution in [0.2, 0.25) is 5.02 Å². The molecule has 1 fully saturated rings. The summed E-state index contributed by atoms with van der Waals surface area (Å²) in [6, 6.07) is 6.76. The molecule has 0 radical (unpaired) electrons. The zero-order valence-electron chi connectivity index (χ0n) is 11.9. The summed E-state index contributed by atoms with van der Waals surface area (Å²) in [7, 11) is 0. The van der Waals surface area contributed by atoms with Crippen molar-refractivity contribution in [2.24, 2.45) is 5.92 Å². The number of nitrogens with one attached hydrogen (secondary N) is 1. The van der Waals surface area contributed by atoms with Crippen molar-refractivity contribution >= 4 is 17.5 Å². The second-order valence-corrected chi connectivity index (χ2v) is 6.20. The molecule has 1 aromatic carbocycles. The van der Waals surface area contributed by atoms with Crippen LogP contribution in [0.25, 0.3) is 0 Å². The Morgan fingerprint density at radius 3 is 2.50 bits per heavy atom. The van der Waals surface area contributed by atoms with Crippen molar-refractivity contribution in [1.82, 2.24) is 5.32 Å². The number of hydrogen-bond donors (Lipinski definition) is 2. The minimum Gasteiger partial charge on any atom is -0.388 e. The summed E-state index contributed by atoms with van der Waals surface area (Å²) in [4.78, 5) is 12.0. The number of halogens is 1. The number of benzene rings is 1. The number of carbonyl (C=O) groups is 1. The van der Waals surface area contributed by atoms with Crippen molar-refractivity contribution < 1.29 is 9.90 Å². The number of aliphatic hydroxyl groups is 1. The van der Waals surface area contributed by atoms with Crippen LogP contribution in [0, 0.1) is 5.92 Å². The smallest absolute Gasteiger partial charge is 0.251 e. The summed E-state index contributed by atoms with van der Waals surface area (Å²) in [5.41, 5.74) is -0.173. The van der Waals surface area contributed by atoms with Gasteiger partial charge in [-0.1, -0.05) is 24.9 Å². The van der Waals surface area contributed by atoms with E-state index in [1.165, 1.54) is 6.42 Å². The minimum absolute atomic E-state index is 0.160. The molecule has 20 heavy (non-hydrogen) atoms. The number of amides is 1. The number of carbonyl (C=O) groups excluding carboxylic acids is 1. The van der Waals surface area contributed by atoms with E-state index >= 15 is 0 Å². The van der Waals surface area contributed by atoms with Crippen molar-refractivity contribution in [3.63, 3.8) is 0 Å². The van der Waals surface area contributed by atoms with Gasteiger partial charge in [0.1, 0.15) is 0 Å². The molecule has 1 aliphatic carbocycles. The van der Waals surface area contributed by atoms with Crippen LogP contribution < -0.4 is 5.32 Å². The average molecular weight is 296 g/mol. The van der Waals surface area contributed by atoms with Crippen LogP contribution in [0.4, 0.5) is 0 Å². The maximum atomic E-state index is 12.0. The Hall–Kier alpha value is -1.06. The van der Waals surface area contributed by atoms with Crippen LogP contribution in [0.15, 0.2) is 24.3 Å². The molecule has 0 unspecified atom stereocenters. The molecule has 3 nitrogen and oxygen atoms in total. The molecule has 4 heteroatoms. The van der Waals surface area contributed by atoms with Crippen LogP contribution in [0.3, 0.4) is 0 Å². The van der Waals surface area contributed by atoms with Crippen molar-refractivity contribution in [1.29, 1.82) is 0 Å². The Balaban J connectivity index is 1.85. The Bertz CT molecular complexity index is 450. The highest BCUT2D eigenvalue weighted by molar-refractivity contribution is 6.30. The first-order chi connectivity index (χ1) is 9.52. The van der Waals surface area contributed by atoms with Gasteiger partial charge in [-0.2, -0.15) is 0 Å². The summed E-state index contributed by atoms with van der Waals surface area (Å²) in [5.74, 6) is 0.565. The third kappa shape index (κ3) is 3.97. The van der Waals surface area contributed by atoms with Gasteiger partial charge in [0.15, 0.2) is 0 Å². The van der Waals surface area contributed by atoms with Gasteiger partial charge in [-0.05, 0) is 55.9 Å². The van der Waals surface area contributed by atoms with E-state index in [1.54, 1.807) is 24.3 Å². The topological polar surface area (TPSA) is 49.3 Å². The van der Waals surface area contributed by atoms with Crippen LogP contribution in [-0.2, 0) is 0 Å². The Morgan fingerprint density at radius 1 is 1.35 bits per heavy atom. The number of hydrogen-bond acceptors (Lipinski definition) is 2. The predicted molar refractivity (Wildman–Crippen MR) is 81.0 cm³/mol. The molecule has 0 saturated heterocycles. The molecule has 1 aliphatic rings. The molecule has 110 valence electrons. The highest BCUT2D eigenvalue weighted by Gasteiger charge is 2.32. The molecule has 2 N–H and O–H groups in total. The van der Waals surface area contributed by atoms with E-state index in [9.17, 15) is 9.90 Å². The van der Waals surface area contributed by atoms with E-state index in [0.29, 0.717) is 17.1 Å². The van der Waals surface area contributed by atoms with Gasteiger partial charge in [-0.25, -0.2) is 0 Å². The second kappa shape index (κ2) is 6.59. The molecule has 0 aromatic heterocycles. The lowest BCUT2D eigenvalue weighted by atomic mass is 9.78. The summed E-state index contributed by atoms with van der Waals surface area (Å²) in [6.45, 7) is 2.52. The van der Waals surface area contributed by atoms with Crippen LogP contribution in [0.5, 0.6) is 0 Å². The number of rotatable bonds is 4. The maximum absolute atomic E-state index is 12.0. The summed E-state index contributed by atoms with van der Waals surface area (Å²) in [6.07, 6.45) is 4.81. The van der Waals surface area contributed by atoms with Gasteiger partial charge in [0.2, 0.25) is 0 Å². The molecule has 1 aromatic rings. The predicted octanol–water partition coefficient (Wildman–Crippen LogP) is 3.40. The van der Waals surface area contributed by atoms with E-state index in [0.717, 1.165) is 31.6 Å². The van der Waals surface area contributed by atoms with E-state index in [1.807, 2.05) is 0 Å². The molecule has 2 rings (SSSR count). The van der Waals surface area contributed by atoms with Crippen LogP contribution in [0.1, 0.15) is 49.4 Å². The summed E-state index contributed by atoms with van der Waals surface area (Å²) >= 11 is 5.79. The first-order valence-electron chi connectivity index (χ1n) is 7.28. The summed E-state index contributed by atoms with van der Waals surface area (Å²) in [5, 5.41) is 13.9. The fourth-order valence-electron chi connectivity index (χ4n) is 2.75. The van der Waals surface area contributed by atoms with Crippen molar-refractivity contribution in [3.05, 3.63) is 34.9 Å². The van der Waals surface area contributed by atoms with Gasteiger partial charge in [0.05, 0.1) is 5.60 Å². The first-order valence-corrected chi connectivity index (χ1v) is 7.66. The highest BCUT2D eigenvalue weighted by atomic mass is 35.5. The van der Waals surface area contributed by atoms with Crippen molar-refractivity contribution in [3.8, 4) is 0 Å². The lowest BCUT2D eigenvalue weighted by Gasteiger charge is -2.35. The summed E-state index contributed by atoms with van der Waals surface area (Å²) < 4.78 is 0. The first kappa shape index (κ1) is 15.3. The zero-order chi connectivity index (χ0) is 14.6. The normalized spacial score (nSPS) is 26.2. The minimum atomic E-state index is -0.742. The molecule has 1 saturated carbocycles. The second-order valence-electron chi connectivity index (χ2n) is 5.77. The Morgan fingerprint density at radius 2 is 1.95 bits per heavy atom. The lowest BCUT2D eigenvalue weighted by molar-refractivity contribution is -0.00786. The van der Waals surface area contributed by atoms with E-state index in [4.69, 9.17) is 11.6 Å². The molecular formula is C16H22ClNO2. The van der Waals surface area contributed by atoms with Gasteiger partial charge in [0, 0.05) is 17.1 Å². The molecule has 0 bridgehead atoms. The third-order valence-corrected chi connectivity index (χ3v) is 4.55. The van der Waals surface area contributed by atoms with Crippen LogP contribution in [-0.4, -0.2) is 23.2 Å². The van der Waals surface area contributed by atoms with Gasteiger partial charge in [-0.15, -0.1) is 0 Å².